The van der Waals surface area contributed by atoms with E-state index >= 15 is 0 Å². The summed E-state index contributed by atoms with van der Waals surface area (Å²) in [5.74, 6) is -1.38. The van der Waals surface area contributed by atoms with Gasteiger partial charge in [-0.2, -0.15) is 5.06 Å². The third kappa shape index (κ3) is 4.65. The topological polar surface area (TPSA) is 95.9 Å². The molecule has 0 bridgehead atoms. The van der Waals surface area contributed by atoms with Gasteiger partial charge in [-0.05, 0) is 43.2 Å². The highest BCUT2D eigenvalue weighted by Crippen LogP contribution is 2.42. The average Bonchev–Trinajstić information content (AvgIpc) is 3.17. The van der Waals surface area contributed by atoms with Crippen molar-refractivity contribution < 1.29 is 24.3 Å². The molecule has 0 atom stereocenters. The first-order chi connectivity index (χ1) is 17.5. The van der Waals surface area contributed by atoms with Crippen molar-refractivity contribution in [3.8, 4) is 0 Å². The number of amides is 2. The van der Waals surface area contributed by atoms with E-state index < -0.39 is 11.9 Å². The van der Waals surface area contributed by atoms with Gasteiger partial charge in [0.15, 0.2) is 5.76 Å². The van der Waals surface area contributed by atoms with Crippen LogP contribution in [0.4, 0.5) is 11.4 Å². The Hall–Kier alpha value is -4.23. The SMILES string of the molecule is O=C(O/C(=C1\C(=O)N(O)c2cc(NC(=O)C3CCCCC3)ccc21)c1ccccc1)c1ccccc1. The molecule has 1 heterocycles. The second-order valence-electron chi connectivity index (χ2n) is 9.00. The van der Waals surface area contributed by atoms with Crippen LogP contribution in [0.2, 0.25) is 0 Å². The molecule has 0 radical (unpaired) electrons. The molecule has 0 aromatic heterocycles. The Labute approximate surface area is 209 Å². The predicted octanol–water partition coefficient (Wildman–Crippen LogP) is 5.67. The molecule has 36 heavy (non-hydrogen) atoms. The number of nitrogens with one attached hydrogen (secondary N) is 1. The van der Waals surface area contributed by atoms with Crippen molar-refractivity contribution in [2.75, 3.05) is 10.4 Å². The molecule has 7 heteroatoms. The number of ether oxygens (including phenoxy) is 1. The molecule has 7 nitrogen and oxygen atoms in total. The Morgan fingerprint density at radius 1 is 0.861 bits per heavy atom. The normalized spacial score (nSPS) is 16.9. The van der Waals surface area contributed by atoms with Crippen LogP contribution in [0.1, 0.15) is 53.6 Å². The number of hydroxylamine groups is 1. The number of fused-ring (bicyclic) bond motifs is 1. The van der Waals surface area contributed by atoms with Crippen molar-refractivity contribution in [3.05, 3.63) is 95.6 Å². The number of benzene rings is 3. The van der Waals surface area contributed by atoms with Crippen LogP contribution in [0.25, 0.3) is 11.3 Å². The van der Waals surface area contributed by atoms with E-state index in [0.29, 0.717) is 27.4 Å². The van der Waals surface area contributed by atoms with Gasteiger partial charge in [0.05, 0.1) is 16.8 Å². The fraction of sp³-hybridized carbons (Fsp3) is 0.207. The minimum atomic E-state index is -0.722. The van der Waals surface area contributed by atoms with Crippen LogP contribution in [-0.2, 0) is 14.3 Å². The van der Waals surface area contributed by atoms with Gasteiger partial charge in [0.1, 0.15) is 0 Å². The average molecular weight is 483 g/mol. The summed E-state index contributed by atoms with van der Waals surface area (Å²) >= 11 is 0. The largest absolute Gasteiger partial charge is 0.421 e. The van der Waals surface area contributed by atoms with Crippen LogP contribution in [0.3, 0.4) is 0 Å². The van der Waals surface area contributed by atoms with E-state index in [1.807, 2.05) is 6.07 Å². The van der Waals surface area contributed by atoms with Crippen LogP contribution in [0.5, 0.6) is 0 Å². The lowest BCUT2D eigenvalue weighted by Gasteiger charge is -2.21. The zero-order valence-corrected chi connectivity index (χ0v) is 19.6. The number of carbonyl (C=O) groups is 3. The van der Waals surface area contributed by atoms with Crippen molar-refractivity contribution in [1.29, 1.82) is 0 Å². The lowest BCUT2D eigenvalue weighted by molar-refractivity contribution is -0.120. The van der Waals surface area contributed by atoms with Gasteiger partial charge in [-0.25, -0.2) is 4.79 Å². The number of nitrogens with zero attached hydrogens (tertiary/aromatic N) is 1. The molecular weight excluding hydrogens is 456 g/mol. The first kappa shape index (κ1) is 23.5. The molecule has 3 aromatic rings. The van der Waals surface area contributed by atoms with Crippen LogP contribution in [0.15, 0.2) is 78.9 Å². The van der Waals surface area contributed by atoms with Gasteiger partial charge in [0, 0.05) is 22.7 Å². The zero-order chi connectivity index (χ0) is 25.1. The molecule has 1 fully saturated rings. The van der Waals surface area contributed by atoms with Crippen molar-refractivity contribution in [3.63, 3.8) is 0 Å². The first-order valence-corrected chi connectivity index (χ1v) is 12.1. The van der Waals surface area contributed by atoms with Crippen LogP contribution in [-0.4, -0.2) is 23.0 Å². The van der Waals surface area contributed by atoms with E-state index in [4.69, 9.17) is 4.74 Å². The number of rotatable bonds is 5. The molecule has 1 aliphatic carbocycles. The summed E-state index contributed by atoms with van der Waals surface area (Å²) in [7, 11) is 0. The Morgan fingerprint density at radius 2 is 1.50 bits per heavy atom. The maximum Gasteiger partial charge on any atom is 0.343 e. The monoisotopic (exact) mass is 482 g/mol. The Bertz CT molecular complexity index is 1330. The van der Waals surface area contributed by atoms with Crippen molar-refractivity contribution in [2.24, 2.45) is 5.92 Å². The lowest BCUT2D eigenvalue weighted by Crippen LogP contribution is -2.25. The lowest BCUT2D eigenvalue weighted by atomic mass is 9.88. The quantitative estimate of drug-likeness (QED) is 0.212. The number of anilines is 2. The molecule has 2 amide bonds. The highest BCUT2D eigenvalue weighted by atomic mass is 16.5. The minimum absolute atomic E-state index is 0.0311. The van der Waals surface area contributed by atoms with Crippen molar-refractivity contribution >= 4 is 40.5 Å². The molecule has 1 saturated carbocycles. The summed E-state index contributed by atoms with van der Waals surface area (Å²) in [6.45, 7) is 0. The standard InChI is InChI=1S/C29H26N2O5/c32-27(20-12-6-2-7-13-20)30-22-16-17-23-24(18-22)31(35)28(33)25(23)26(19-10-4-1-5-11-19)36-29(34)21-14-8-3-9-15-21/h1,3-5,8-11,14-18,20,35H,2,6-7,12-13H2,(H,30,32)/b26-25-. The van der Waals surface area contributed by atoms with Gasteiger partial charge in [-0.1, -0.05) is 67.8 Å². The summed E-state index contributed by atoms with van der Waals surface area (Å²) in [4.78, 5) is 38.8. The van der Waals surface area contributed by atoms with Gasteiger partial charge in [0.2, 0.25) is 5.91 Å². The molecule has 1 aliphatic heterocycles. The third-order valence-electron chi connectivity index (χ3n) is 6.61. The summed E-state index contributed by atoms with van der Waals surface area (Å²) < 4.78 is 5.77. The Morgan fingerprint density at radius 3 is 2.17 bits per heavy atom. The molecule has 5 rings (SSSR count). The smallest absolute Gasteiger partial charge is 0.343 e. The summed E-state index contributed by atoms with van der Waals surface area (Å²) in [6, 6.07) is 22.2. The van der Waals surface area contributed by atoms with Gasteiger partial charge in [-0.15, -0.1) is 0 Å². The van der Waals surface area contributed by atoms with E-state index in [2.05, 4.69) is 5.32 Å². The molecule has 3 aromatic carbocycles. The fourth-order valence-electron chi connectivity index (χ4n) is 4.72. The molecule has 182 valence electrons. The number of esters is 1. The van der Waals surface area contributed by atoms with Gasteiger partial charge < -0.3 is 10.1 Å². The van der Waals surface area contributed by atoms with Crippen molar-refractivity contribution in [2.45, 2.75) is 32.1 Å². The summed E-state index contributed by atoms with van der Waals surface area (Å²) in [5, 5.41) is 14.1. The van der Waals surface area contributed by atoms with Crippen LogP contribution < -0.4 is 10.4 Å². The molecule has 0 saturated heterocycles. The molecule has 2 N–H and O–H groups in total. The van der Waals surface area contributed by atoms with E-state index in [-0.39, 0.29) is 28.8 Å². The van der Waals surface area contributed by atoms with E-state index in [9.17, 15) is 19.6 Å². The highest BCUT2D eigenvalue weighted by Gasteiger charge is 2.37. The number of hydrogen-bond acceptors (Lipinski definition) is 5. The third-order valence-corrected chi connectivity index (χ3v) is 6.61. The summed E-state index contributed by atoms with van der Waals surface area (Å²) in [5.41, 5.74) is 2.01. The van der Waals surface area contributed by atoms with Gasteiger partial charge >= 0.3 is 5.97 Å². The Kier molecular flexibility index (Phi) is 6.64. The number of carbonyl (C=O) groups excluding carboxylic acids is 3. The number of hydrogen-bond donors (Lipinski definition) is 2. The van der Waals surface area contributed by atoms with Gasteiger partial charge in [-0.3, -0.25) is 14.8 Å². The van der Waals surface area contributed by atoms with Gasteiger partial charge in [0.25, 0.3) is 5.91 Å². The fourth-order valence-corrected chi connectivity index (χ4v) is 4.72. The van der Waals surface area contributed by atoms with E-state index in [1.165, 1.54) is 0 Å². The molecular formula is C29H26N2O5. The van der Waals surface area contributed by atoms with E-state index in [0.717, 1.165) is 32.1 Å². The van der Waals surface area contributed by atoms with Crippen molar-refractivity contribution in [1.82, 2.24) is 0 Å². The maximum absolute atomic E-state index is 13.2. The van der Waals surface area contributed by atoms with Crippen LogP contribution in [0, 0.1) is 5.92 Å². The minimum Gasteiger partial charge on any atom is -0.421 e. The Balaban J connectivity index is 1.52. The molecule has 2 aliphatic rings. The predicted molar refractivity (Wildman–Crippen MR) is 136 cm³/mol. The first-order valence-electron chi connectivity index (χ1n) is 12.1. The molecule has 0 spiro atoms. The molecule has 0 unspecified atom stereocenters. The maximum atomic E-state index is 13.2. The van der Waals surface area contributed by atoms with Crippen LogP contribution >= 0.6 is 0 Å². The second kappa shape index (κ2) is 10.2. The second-order valence-corrected chi connectivity index (χ2v) is 9.00. The van der Waals surface area contributed by atoms with E-state index in [1.54, 1.807) is 72.8 Å². The highest BCUT2D eigenvalue weighted by molar-refractivity contribution is 6.36. The zero-order valence-electron chi connectivity index (χ0n) is 19.6. The summed E-state index contributed by atoms with van der Waals surface area (Å²) in [6.07, 6.45) is 4.96.